The van der Waals surface area contributed by atoms with Crippen molar-refractivity contribution >= 4 is 5.97 Å². The molecule has 0 saturated heterocycles. The van der Waals surface area contributed by atoms with E-state index in [-0.39, 0.29) is 0 Å². The molecule has 5 nitrogen and oxygen atoms in total. The van der Waals surface area contributed by atoms with Crippen LogP contribution in [0.1, 0.15) is 6.92 Å². The molecule has 0 aromatic rings. The van der Waals surface area contributed by atoms with Gasteiger partial charge in [-0.15, -0.1) is 13.2 Å². The highest BCUT2D eigenvalue weighted by Gasteiger charge is 2.86. The van der Waals surface area contributed by atoms with Crippen molar-refractivity contribution in [1.29, 1.82) is 0 Å². The van der Waals surface area contributed by atoms with Gasteiger partial charge in [0.1, 0.15) is 0 Å². The first-order chi connectivity index (χ1) is 16.2. The molecule has 24 heteroatoms. The van der Waals surface area contributed by atoms with E-state index in [4.69, 9.17) is 0 Å². The second-order valence-electron chi connectivity index (χ2n) is 6.55. The topological polar surface area (TPSA) is 54.0 Å². The maximum absolute atomic E-state index is 14.1. The van der Waals surface area contributed by atoms with Crippen molar-refractivity contribution in [1.82, 2.24) is 0 Å². The molecule has 0 spiro atoms. The van der Waals surface area contributed by atoms with Gasteiger partial charge in [-0.2, -0.15) is 70.2 Å². The summed E-state index contributed by atoms with van der Waals surface area (Å²) in [5, 5.41) is 0. The molecule has 0 saturated carbocycles. The summed E-state index contributed by atoms with van der Waals surface area (Å²) in [6.07, 6.45) is -46.5. The molecular weight excluding hydrogens is 609 g/mol. The average molecular weight is 616 g/mol. The van der Waals surface area contributed by atoms with Crippen molar-refractivity contribution in [2.24, 2.45) is 0 Å². The van der Waals surface area contributed by atoms with Gasteiger partial charge < -0.3 is 4.74 Å². The summed E-state index contributed by atoms with van der Waals surface area (Å²) >= 11 is 0. The van der Waals surface area contributed by atoms with Crippen LogP contribution < -0.4 is 0 Å². The molecule has 3 atom stereocenters. The molecule has 226 valence electrons. The van der Waals surface area contributed by atoms with Gasteiger partial charge in [-0.05, 0) is 6.92 Å². The van der Waals surface area contributed by atoms with Gasteiger partial charge >= 0.3 is 60.6 Å². The molecule has 0 amide bonds. The third-order valence-corrected chi connectivity index (χ3v) is 3.45. The van der Waals surface area contributed by atoms with Gasteiger partial charge in [-0.3, -0.25) is 9.47 Å². The molecule has 0 bridgehead atoms. The lowest BCUT2D eigenvalue weighted by atomic mass is 10.2. The molecule has 0 aliphatic carbocycles. The Kier molecular flexibility index (Phi) is 9.47. The van der Waals surface area contributed by atoms with Crippen LogP contribution in [0.5, 0.6) is 0 Å². The van der Waals surface area contributed by atoms with Crippen molar-refractivity contribution in [3.8, 4) is 0 Å². The first-order valence-corrected chi connectivity index (χ1v) is 8.22. The summed E-state index contributed by atoms with van der Waals surface area (Å²) < 4.78 is 255. The maximum atomic E-state index is 14.1. The molecule has 0 radical (unpaired) electrons. The van der Waals surface area contributed by atoms with E-state index in [1.54, 1.807) is 0 Å². The molecule has 0 fully saturated rings. The Hall–Kier alpha value is -2.24. The van der Waals surface area contributed by atoms with E-state index in [1.807, 2.05) is 4.74 Å². The van der Waals surface area contributed by atoms with Gasteiger partial charge in [0.2, 0.25) is 0 Å². The predicted molar refractivity (Wildman–Crippen MR) is 74.7 cm³/mol. The zero-order valence-electron chi connectivity index (χ0n) is 17.1. The monoisotopic (exact) mass is 616 g/mol. The highest BCUT2D eigenvalue weighted by atomic mass is 19.4. The number of esters is 1. The van der Waals surface area contributed by atoms with Crippen molar-refractivity contribution in [2.75, 3.05) is 6.61 Å². The van der Waals surface area contributed by atoms with E-state index in [2.05, 4.69) is 11.3 Å². The lowest BCUT2D eigenvalue weighted by Crippen LogP contribution is -2.69. The summed E-state index contributed by atoms with van der Waals surface area (Å²) in [5.41, 5.74) is -0.949. The number of carbonyl (C=O) groups excluding carboxylic acids is 1. The van der Waals surface area contributed by atoms with Gasteiger partial charge in [-0.1, -0.05) is 6.58 Å². The second kappa shape index (κ2) is 10.1. The highest BCUT2D eigenvalue weighted by Crippen LogP contribution is 2.57. The number of rotatable bonds is 10. The molecule has 0 N–H and O–H groups in total. The van der Waals surface area contributed by atoms with E-state index in [1.165, 1.54) is 9.47 Å². The second-order valence-corrected chi connectivity index (χ2v) is 6.55. The number of alkyl halides is 19. The molecule has 0 aromatic heterocycles. The van der Waals surface area contributed by atoms with Gasteiger partial charge in [-0.25, -0.2) is 9.53 Å². The SMILES string of the molecule is C=C(C)C(=O)OCC(F)(OC(F)(F)C(F)(OC(F)(F)C(F)(OC(F)(F)F)C(F)(F)F)C(F)(F)F)C(F)(F)F. The predicted octanol–water partition coefficient (Wildman–Crippen LogP) is 6.55. The van der Waals surface area contributed by atoms with Crippen molar-refractivity contribution in [2.45, 2.75) is 61.6 Å². The number of ether oxygens (including phenoxy) is 4. The molecule has 0 aliphatic heterocycles. The Morgan fingerprint density at radius 2 is 0.921 bits per heavy atom. The number of hydrogen-bond donors (Lipinski definition) is 0. The first kappa shape index (κ1) is 35.8. The van der Waals surface area contributed by atoms with Crippen LogP contribution in [-0.4, -0.2) is 67.2 Å². The fourth-order valence-corrected chi connectivity index (χ4v) is 1.69. The Morgan fingerprint density at radius 3 is 1.21 bits per heavy atom. The largest absolute Gasteiger partial charge is 0.525 e. The van der Waals surface area contributed by atoms with Crippen molar-refractivity contribution < 1.29 is 107 Å². The summed E-state index contributed by atoms with van der Waals surface area (Å²) in [6.45, 7) is -0.0214. The van der Waals surface area contributed by atoms with Crippen LogP contribution in [0.4, 0.5) is 83.4 Å². The number of carbonyl (C=O) groups is 1. The summed E-state index contributed by atoms with van der Waals surface area (Å²) in [6, 6.07) is 0. The van der Waals surface area contributed by atoms with Crippen molar-refractivity contribution in [3.63, 3.8) is 0 Å². The quantitative estimate of drug-likeness (QED) is 0.159. The highest BCUT2D eigenvalue weighted by molar-refractivity contribution is 5.86. The number of hydrogen-bond acceptors (Lipinski definition) is 5. The molecule has 0 aliphatic rings. The van der Waals surface area contributed by atoms with Crippen LogP contribution in [0.15, 0.2) is 12.2 Å². The zero-order valence-corrected chi connectivity index (χ0v) is 17.1. The van der Waals surface area contributed by atoms with Crippen LogP contribution in [-0.2, 0) is 23.7 Å². The minimum atomic E-state index is -8.22. The molecular formula is C14H7F19O5. The standard InChI is InChI=1S/C14H7F19O5/c1-4(2)5(34)35-3-6(15,9(18,19)20)36-12(27,28)7(16,10(21,22)23)37-13(29,30)8(17,11(24,25)26)38-14(31,32)33/h1,3H2,2H3. The van der Waals surface area contributed by atoms with Crippen molar-refractivity contribution in [3.05, 3.63) is 12.2 Å². The van der Waals surface area contributed by atoms with Crippen LogP contribution >= 0.6 is 0 Å². The fourth-order valence-electron chi connectivity index (χ4n) is 1.69. The normalized spacial score (nSPS) is 19.3. The summed E-state index contributed by atoms with van der Waals surface area (Å²) in [4.78, 5) is 11.0. The molecule has 0 aromatic carbocycles. The van der Waals surface area contributed by atoms with Crippen LogP contribution in [0, 0.1) is 0 Å². The third-order valence-electron chi connectivity index (χ3n) is 3.45. The van der Waals surface area contributed by atoms with Crippen LogP contribution in [0.3, 0.4) is 0 Å². The average Bonchev–Trinajstić information content (AvgIpc) is 2.60. The minimum Gasteiger partial charge on any atom is -0.456 e. The van der Waals surface area contributed by atoms with Gasteiger partial charge in [0.25, 0.3) is 0 Å². The van der Waals surface area contributed by atoms with Crippen LogP contribution in [0.25, 0.3) is 0 Å². The Labute approximate surface area is 195 Å². The maximum Gasteiger partial charge on any atom is 0.525 e. The smallest absolute Gasteiger partial charge is 0.456 e. The van der Waals surface area contributed by atoms with E-state index < -0.39 is 72.8 Å². The summed E-state index contributed by atoms with van der Waals surface area (Å²) in [7, 11) is 0. The molecule has 3 unspecified atom stereocenters. The Balaban J connectivity index is 6.88. The fraction of sp³-hybridized carbons (Fsp3) is 0.786. The Bertz CT molecular complexity index is 873. The Morgan fingerprint density at radius 1 is 0.579 bits per heavy atom. The molecule has 0 rings (SSSR count). The lowest BCUT2D eigenvalue weighted by Gasteiger charge is -2.41. The zero-order chi connectivity index (χ0) is 31.2. The van der Waals surface area contributed by atoms with E-state index >= 15 is 0 Å². The van der Waals surface area contributed by atoms with E-state index in [0.717, 1.165) is 0 Å². The van der Waals surface area contributed by atoms with Crippen LogP contribution in [0.2, 0.25) is 0 Å². The minimum absolute atomic E-state index is 0.602. The molecule has 38 heavy (non-hydrogen) atoms. The third kappa shape index (κ3) is 7.24. The van der Waals surface area contributed by atoms with E-state index in [0.29, 0.717) is 6.92 Å². The van der Waals surface area contributed by atoms with Gasteiger partial charge in [0.15, 0.2) is 6.61 Å². The summed E-state index contributed by atoms with van der Waals surface area (Å²) in [5.74, 6) is -24.9. The number of halogens is 19. The first-order valence-electron chi connectivity index (χ1n) is 8.22. The van der Waals surface area contributed by atoms with Gasteiger partial charge in [0, 0.05) is 5.57 Å². The van der Waals surface area contributed by atoms with E-state index in [9.17, 15) is 88.2 Å². The lowest BCUT2D eigenvalue weighted by molar-refractivity contribution is -0.576. The van der Waals surface area contributed by atoms with Gasteiger partial charge in [0.05, 0.1) is 0 Å². The molecule has 0 heterocycles.